The van der Waals surface area contributed by atoms with Gasteiger partial charge in [0.15, 0.2) is 6.10 Å². The lowest BCUT2D eigenvalue weighted by atomic mass is 9.94. The number of esters is 1. The van der Waals surface area contributed by atoms with E-state index in [0.717, 1.165) is 5.56 Å². The van der Waals surface area contributed by atoms with Crippen molar-refractivity contribution < 1.29 is 38.4 Å². The van der Waals surface area contributed by atoms with Gasteiger partial charge in [-0.2, -0.15) is 0 Å². The summed E-state index contributed by atoms with van der Waals surface area (Å²) in [6.07, 6.45) is -5.05. The fraction of sp³-hybridized carbons (Fsp3) is 0.481. The van der Waals surface area contributed by atoms with E-state index in [1.807, 2.05) is 30.3 Å². The van der Waals surface area contributed by atoms with Crippen molar-refractivity contribution in [3.05, 3.63) is 60.2 Å². The molecule has 2 N–H and O–H groups in total. The predicted octanol–water partition coefficient (Wildman–Crippen LogP) is 4.19. The number of carbonyl (C=O) groups is 2. The molecule has 1 heterocycles. The van der Waals surface area contributed by atoms with Gasteiger partial charge in [0.2, 0.25) is 6.29 Å². The molecule has 3 rings (SSSR count). The molecule has 214 valence electrons. The smallest absolute Gasteiger partial charge is 0.311 e. The zero-order valence-electron chi connectivity index (χ0n) is 21.9. The van der Waals surface area contributed by atoms with E-state index in [1.165, 1.54) is 7.11 Å². The molecule has 39 heavy (non-hydrogen) atoms. The van der Waals surface area contributed by atoms with Gasteiger partial charge < -0.3 is 34.1 Å². The van der Waals surface area contributed by atoms with E-state index in [0.29, 0.717) is 11.5 Å². The molecular weight excluding hydrogens is 573 g/mol. The minimum Gasteiger partial charge on any atom is -0.497 e. The Bertz CT molecular complexity index is 1090. The van der Waals surface area contributed by atoms with Gasteiger partial charge in [-0.1, -0.05) is 65.1 Å². The second-order valence-corrected chi connectivity index (χ2v) is 12.2. The van der Waals surface area contributed by atoms with Crippen LogP contribution in [0.15, 0.2) is 54.6 Å². The summed E-state index contributed by atoms with van der Waals surface area (Å²) in [4.78, 5) is 25.6. The van der Waals surface area contributed by atoms with Crippen molar-refractivity contribution in [1.82, 2.24) is 5.32 Å². The third kappa shape index (κ3) is 8.86. The summed E-state index contributed by atoms with van der Waals surface area (Å²) in [6, 6.07) is 14.7. The van der Waals surface area contributed by atoms with Crippen LogP contribution in [0.4, 0.5) is 0 Å². The fourth-order valence-electron chi connectivity index (χ4n) is 3.64. The fourth-order valence-corrected chi connectivity index (χ4v) is 3.80. The number of benzene rings is 2. The lowest BCUT2D eigenvalue weighted by Gasteiger charge is -2.44. The number of nitrogens with one attached hydrogen (secondary N) is 1. The van der Waals surface area contributed by atoms with Gasteiger partial charge in [-0.25, -0.2) is 0 Å². The van der Waals surface area contributed by atoms with Gasteiger partial charge in [-0.3, -0.25) is 9.59 Å². The highest BCUT2D eigenvalue weighted by Crippen LogP contribution is 2.32. The molecule has 1 aliphatic heterocycles. The molecule has 0 aromatic heterocycles. The van der Waals surface area contributed by atoms with Crippen LogP contribution in [0.1, 0.15) is 26.3 Å². The van der Waals surface area contributed by atoms with E-state index in [1.54, 1.807) is 45.0 Å². The molecule has 5 atom stereocenters. The van der Waals surface area contributed by atoms with E-state index in [-0.39, 0.29) is 13.2 Å². The molecule has 1 aliphatic rings. The molecule has 0 bridgehead atoms. The van der Waals surface area contributed by atoms with Gasteiger partial charge in [0.25, 0.3) is 9.70 Å². The van der Waals surface area contributed by atoms with Crippen molar-refractivity contribution in [3.63, 3.8) is 0 Å². The summed E-state index contributed by atoms with van der Waals surface area (Å²) < 4.78 is 26.5. The third-order valence-electron chi connectivity index (χ3n) is 5.79. The first-order valence-corrected chi connectivity index (χ1v) is 13.3. The molecule has 0 spiro atoms. The minimum atomic E-state index is -2.34. The highest BCUT2D eigenvalue weighted by molar-refractivity contribution is 6.76. The van der Waals surface area contributed by atoms with Gasteiger partial charge in [0.05, 0.1) is 25.7 Å². The molecule has 9 nitrogen and oxygen atoms in total. The Morgan fingerprint density at radius 1 is 1.00 bits per heavy atom. The summed E-state index contributed by atoms with van der Waals surface area (Å²) in [6.45, 7) is 5.13. The molecular formula is C27H32Cl3NO8. The molecule has 2 aromatic rings. The first kappa shape index (κ1) is 31.3. The van der Waals surface area contributed by atoms with Crippen molar-refractivity contribution in [3.8, 4) is 11.5 Å². The number of ether oxygens (including phenoxy) is 5. The predicted molar refractivity (Wildman–Crippen MR) is 146 cm³/mol. The first-order chi connectivity index (χ1) is 18.3. The van der Waals surface area contributed by atoms with Crippen LogP contribution in [-0.4, -0.2) is 65.1 Å². The highest BCUT2D eigenvalue weighted by Gasteiger charge is 2.51. The third-order valence-corrected chi connectivity index (χ3v) is 6.30. The van der Waals surface area contributed by atoms with Crippen LogP contribution in [0.2, 0.25) is 0 Å². The lowest BCUT2D eigenvalue weighted by Crippen LogP contribution is -2.67. The standard InChI is InChI=1S/C27H32Cl3NO8/c1-26(2,3)25(34)39-22-20(31-24(33)27(28,29)30)23(37-18-12-10-17(35-4)11-13-18)38-19(21(22)32)15-36-14-16-8-6-5-7-9-16/h5-13,19-23,32H,14-15H2,1-4H3,(H,31,33)/t19-,20-,21-,22-,23-/m1/s1. The number of hydrogen-bond donors (Lipinski definition) is 2. The molecule has 12 heteroatoms. The number of hydrogen-bond acceptors (Lipinski definition) is 8. The number of carbonyl (C=O) groups excluding carboxylic acids is 2. The van der Waals surface area contributed by atoms with Crippen LogP contribution in [0.3, 0.4) is 0 Å². The Labute approximate surface area is 242 Å². The van der Waals surface area contributed by atoms with E-state index < -0.39 is 51.7 Å². The number of rotatable bonds is 9. The van der Waals surface area contributed by atoms with Crippen LogP contribution < -0.4 is 14.8 Å². The van der Waals surface area contributed by atoms with Gasteiger partial charge in [0.1, 0.15) is 29.7 Å². The lowest BCUT2D eigenvalue weighted by molar-refractivity contribution is -0.255. The maximum absolute atomic E-state index is 12.9. The summed E-state index contributed by atoms with van der Waals surface area (Å²) >= 11 is 17.4. The van der Waals surface area contributed by atoms with Crippen molar-refractivity contribution in [2.75, 3.05) is 13.7 Å². The Kier molecular flexibility index (Phi) is 10.7. The second-order valence-electron chi connectivity index (χ2n) is 9.94. The highest BCUT2D eigenvalue weighted by atomic mass is 35.6. The molecule has 1 fully saturated rings. The largest absolute Gasteiger partial charge is 0.497 e. The second kappa shape index (κ2) is 13.4. The van der Waals surface area contributed by atoms with E-state index in [2.05, 4.69) is 5.32 Å². The van der Waals surface area contributed by atoms with Crippen LogP contribution in [0.5, 0.6) is 11.5 Å². The summed E-state index contributed by atoms with van der Waals surface area (Å²) in [5.41, 5.74) is -0.00895. The Morgan fingerprint density at radius 2 is 1.62 bits per heavy atom. The van der Waals surface area contributed by atoms with Crippen molar-refractivity contribution in [2.45, 2.75) is 61.8 Å². The number of alkyl halides is 3. The van der Waals surface area contributed by atoms with E-state index >= 15 is 0 Å². The molecule has 0 aliphatic carbocycles. The Balaban J connectivity index is 1.91. The average molecular weight is 605 g/mol. The molecule has 0 saturated carbocycles. The number of aliphatic hydroxyl groups excluding tert-OH is 1. The summed E-state index contributed by atoms with van der Waals surface area (Å²) in [5.74, 6) is -0.719. The minimum absolute atomic E-state index is 0.0762. The van der Waals surface area contributed by atoms with Crippen molar-refractivity contribution >= 4 is 46.7 Å². The van der Waals surface area contributed by atoms with Crippen molar-refractivity contribution in [2.24, 2.45) is 5.41 Å². The molecule has 0 unspecified atom stereocenters. The van der Waals surface area contributed by atoms with Gasteiger partial charge >= 0.3 is 5.97 Å². The normalized spacial score (nSPS) is 23.5. The maximum atomic E-state index is 12.9. The quantitative estimate of drug-likeness (QED) is 0.324. The van der Waals surface area contributed by atoms with Crippen LogP contribution in [0.25, 0.3) is 0 Å². The molecule has 1 amide bonds. The van der Waals surface area contributed by atoms with Gasteiger partial charge in [0, 0.05) is 0 Å². The van der Waals surface area contributed by atoms with Crippen molar-refractivity contribution in [1.29, 1.82) is 0 Å². The number of halogens is 3. The van der Waals surface area contributed by atoms with E-state index in [9.17, 15) is 14.7 Å². The van der Waals surface area contributed by atoms with E-state index in [4.69, 9.17) is 58.5 Å². The zero-order valence-corrected chi connectivity index (χ0v) is 24.2. The number of methoxy groups -OCH3 is 1. The summed E-state index contributed by atoms with van der Waals surface area (Å²) in [7, 11) is 1.53. The first-order valence-electron chi connectivity index (χ1n) is 12.1. The number of aliphatic hydroxyl groups is 1. The summed E-state index contributed by atoms with van der Waals surface area (Å²) in [5, 5.41) is 13.8. The maximum Gasteiger partial charge on any atom is 0.311 e. The molecule has 0 radical (unpaired) electrons. The Morgan fingerprint density at radius 3 is 2.18 bits per heavy atom. The molecule has 1 saturated heterocycles. The van der Waals surface area contributed by atoms with Crippen LogP contribution in [0, 0.1) is 5.41 Å². The monoisotopic (exact) mass is 603 g/mol. The number of amides is 1. The Hall–Kier alpha value is -2.27. The van der Waals surface area contributed by atoms with Gasteiger partial charge in [-0.15, -0.1) is 0 Å². The SMILES string of the molecule is COc1ccc(O[C@@H]2O[C@H](COCc3ccccc3)[C@@H](O)[C@H](OC(=O)C(C)(C)C)[C@H]2NC(=O)C(Cl)(Cl)Cl)cc1. The zero-order chi connectivity index (χ0) is 28.8. The van der Waals surface area contributed by atoms with Gasteiger partial charge in [-0.05, 0) is 50.6 Å². The average Bonchev–Trinajstić information content (AvgIpc) is 2.88. The topological polar surface area (TPSA) is 113 Å². The molecule has 2 aromatic carbocycles. The van der Waals surface area contributed by atoms with Crippen LogP contribution in [-0.2, 0) is 30.4 Å². The van der Waals surface area contributed by atoms with Crippen LogP contribution >= 0.6 is 34.8 Å².